The van der Waals surface area contributed by atoms with Gasteiger partial charge < -0.3 is 10.00 Å². The van der Waals surface area contributed by atoms with E-state index in [9.17, 15) is 14.3 Å². The molecule has 5 heteroatoms. The van der Waals surface area contributed by atoms with Crippen LogP contribution in [0.25, 0.3) is 0 Å². The van der Waals surface area contributed by atoms with Gasteiger partial charge in [0.25, 0.3) is 0 Å². The highest BCUT2D eigenvalue weighted by Crippen LogP contribution is 2.40. The number of hydrogen-bond donors (Lipinski definition) is 2. The Bertz CT molecular complexity index is 439. The summed E-state index contributed by atoms with van der Waals surface area (Å²) in [6.45, 7) is 3.37. The first-order valence-corrected chi connectivity index (χ1v) is 6.09. The van der Waals surface area contributed by atoms with Gasteiger partial charge in [0, 0.05) is 6.16 Å². The highest BCUT2D eigenvalue weighted by atomic mass is 31.2. The fourth-order valence-corrected chi connectivity index (χ4v) is 2.64. The predicted octanol–water partition coefficient (Wildman–Crippen LogP) is 1.47. The molecule has 0 amide bonds. The second-order valence-electron chi connectivity index (χ2n) is 3.00. The van der Waals surface area contributed by atoms with Crippen molar-refractivity contribution in [3.63, 3.8) is 0 Å². The van der Waals surface area contributed by atoms with Crippen LogP contribution in [0.2, 0.25) is 0 Å². The van der Waals surface area contributed by atoms with E-state index < -0.39 is 13.3 Å². The monoisotopic (exact) mass is 226 g/mol. The van der Waals surface area contributed by atoms with E-state index >= 15 is 0 Å². The smallest absolute Gasteiger partial charge is 0.336 e. The van der Waals surface area contributed by atoms with Crippen molar-refractivity contribution in [1.82, 2.24) is 0 Å². The van der Waals surface area contributed by atoms with Crippen LogP contribution < -0.4 is 5.30 Å². The van der Waals surface area contributed by atoms with Gasteiger partial charge in [-0.25, -0.2) is 4.79 Å². The molecule has 1 atom stereocenters. The van der Waals surface area contributed by atoms with E-state index in [1.807, 2.05) is 0 Å². The summed E-state index contributed by atoms with van der Waals surface area (Å²) in [5.41, 5.74) is -0.134. The highest BCUT2D eigenvalue weighted by molar-refractivity contribution is 7.66. The SMILES string of the molecule is C=CCP(=O)(O)c1ccccc1C(=O)O. The molecule has 15 heavy (non-hydrogen) atoms. The minimum Gasteiger partial charge on any atom is -0.478 e. The van der Waals surface area contributed by atoms with E-state index in [4.69, 9.17) is 5.11 Å². The van der Waals surface area contributed by atoms with Gasteiger partial charge in [0.2, 0.25) is 7.37 Å². The Morgan fingerprint density at radius 2 is 2.07 bits per heavy atom. The van der Waals surface area contributed by atoms with Gasteiger partial charge in [-0.2, -0.15) is 0 Å². The highest BCUT2D eigenvalue weighted by Gasteiger charge is 2.25. The number of carbonyl (C=O) groups is 1. The number of benzene rings is 1. The fourth-order valence-electron chi connectivity index (χ4n) is 1.23. The summed E-state index contributed by atoms with van der Waals surface area (Å²) in [6, 6.07) is 5.71. The zero-order valence-corrected chi connectivity index (χ0v) is 8.85. The van der Waals surface area contributed by atoms with Crippen LogP contribution in [0.4, 0.5) is 0 Å². The third-order valence-corrected chi connectivity index (χ3v) is 3.78. The van der Waals surface area contributed by atoms with Crippen LogP contribution >= 0.6 is 7.37 Å². The Morgan fingerprint density at radius 1 is 1.47 bits per heavy atom. The van der Waals surface area contributed by atoms with Crippen molar-refractivity contribution >= 4 is 18.6 Å². The second-order valence-corrected chi connectivity index (χ2v) is 5.25. The van der Waals surface area contributed by atoms with Gasteiger partial charge in [-0.05, 0) is 12.1 Å². The molecule has 1 rings (SSSR count). The standard InChI is InChI=1S/C10H11O4P/c1-2-7-15(13,14)9-6-4-3-5-8(9)10(11)12/h2-6H,1,7H2,(H,11,12)(H,13,14). The first kappa shape index (κ1) is 11.7. The summed E-state index contributed by atoms with van der Waals surface area (Å²) < 4.78 is 11.8. The third kappa shape index (κ3) is 2.55. The molecule has 0 saturated heterocycles. The van der Waals surface area contributed by atoms with Crippen molar-refractivity contribution < 1.29 is 19.4 Å². The van der Waals surface area contributed by atoms with Crippen LogP contribution in [-0.2, 0) is 4.57 Å². The van der Waals surface area contributed by atoms with E-state index in [1.165, 1.54) is 30.3 Å². The number of rotatable bonds is 4. The van der Waals surface area contributed by atoms with Gasteiger partial charge in [0.05, 0.1) is 10.9 Å². The maximum atomic E-state index is 11.8. The first-order chi connectivity index (χ1) is 6.99. The second kappa shape index (κ2) is 4.43. The van der Waals surface area contributed by atoms with Crippen molar-refractivity contribution in [1.29, 1.82) is 0 Å². The minimum absolute atomic E-state index is 0.0302. The number of allylic oxidation sites excluding steroid dienone is 1. The molecule has 0 spiro atoms. The molecule has 1 unspecified atom stereocenters. The molecule has 2 N–H and O–H groups in total. The number of aromatic carboxylic acids is 1. The van der Waals surface area contributed by atoms with E-state index in [0.29, 0.717) is 0 Å². The van der Waals surface area contributed by atoms with Crippen molar-refractivity contribution in [3.8, 4) is 0 Å². The lowest BCUT2D eigenvalue weighted by Crippen LogP contribution is -2.16. The van der Waals surface area contributed by atoms with Crippen molar-refractivity contribution in [2.45, 2.75) is 0 Å². The van der Waals surface area contributed by atoms with Crippen LogP contribution in [-0.4, -0.2) is 22.1 Å². The van der Waals surface area contributed by atoms with Crippen molar-refractivity contribution in [2.24, 2.45) is 0 Å². The van der Waals surface area contributed by atoms with Crippen molar-refractivity contribution in [2.75, 3.05) is 6.16 Å². The maximum absolute atomic E-state index is 11.8. The molecule has 0 aliphatic rings. The van der Waals surface area contributed by atoms with Crippen LogP contribution in [0.15, 0.2) is 36.9 Å². The molecule has 0 heterocycles. The number of hydrogen-bond acceptors (Lipinski definition) is 2. The van der Waals surface area contributed by atoms with Crippen LogP contribution in [0.5, 0.6) is 0 Å². The van der Waals surface area contributed by atoms with Gasteiger partial charge in [-0.15, -0.1) is 6.58 Å². The molecule has 0 bridgehead atoms. The molecular weight excluding hydrogens is 215 g/mol. The first-order valence-electron chi connectivity index (χ1n) is 4.24. The van der Waals surface area contributed by atoms with E-state index in [-0.39, 0.29) is 17.0 Å². The summed E-state index contributed by atoms with van der Waals surface area (Å²) in [5.74, 6) is -1.20. The molecule has 0 radical (unpaired) electrons. The Balaban J connectivity index is 3.30. The van der Waals surface area contributed by atoms with Gasteiger partial charge in [0.1, 0.15) is 0 Å². The zero-order chi connectivity index (χ0) is 11.5. The minimum atomic E-state index is -3.64. The van der Waals surface area contributed by atoms with Gasteiger partial charge in [-0.1, -0.05) is 18.2 Å². The molecule has 0 saturated carbocycles. The molecule has 1 aromatic rings. The summed E-state index contributed by atoms with van der Waals surface area (Å²) in [6.07, 6.45) is 1.18. The van der Waals surface area contributed by atoms with E-state index in [2.05, 4.69) is 6.58 Å². The average molecular weight is 226 g/mol. The summed E-state index contributed by atoms with van der Waals surface area (Å²) >= 11 is 0. The summed E-state index contributed by atoms with van der Waals surface area (Å²) in [5, 5.41) is 8.81. The molecule has 4 nitrogen and oxygen atoms in total. The van der Waals surface area contributed by atoms with Crippen LogP contribution in [0.1, 0.15) is 10.4 Å². The molecular formula is C10H11O4P. The molecule has 0 aromatic heterocycles. The van der Waals surface area contributed by atoms with Gasteiger partial charge >= 0.3 is 5.97 Å². The van der Waals surface area contributed by atoms with Crippen molar-refractivity contribution in [3.05, 3.63) is 42.5 Å². The number of carboxylic acids is 1. The summed E-state index contributed by atoms with van der Waals surface area (Å²) in [4.78, 5) is 20.5. The van der Waals surface area contributed by atoms with Gasteiger partial charge in [0.15, 0.2) is 0 Å². The molecule has 0 aliphatic carbocycles. The molecule has 80 valence electrons. The lowest BCUT2D eigenvalue weighted by atomic mass is 10.2. The summed E-state index contributed by atoms with van der Waals surface area (Å²) in [7, 11) is -3.64. The fraction of sp³-hybridized carbons (Fsp3) is 0.100. The largest absolute Gasteiger partial charge is 0.478 e. The lowest BCUT2D eigenvalue weighted by Gasteiger charge is -2.11. The molecule has 0 aliphatic heterocycles. The predicted molar refractivity (Wildman–Crippen MR) is 57.9 cm³/mol. The van der Waals surface area contributed by atoms with Gasteiger partial charge in [-0.3, -0.25) is 4.57 Å². The third-order valence-electron chi connectivity index (χ3n) is 1.89. The normalized spacial score (nSPS) is 14.2. The zero-order valence-electron chi connectivity index (χ0n) is 7.96. The quantitative estimate of drug-likeness (QED) is 0.602. The van der Waals surface area contributed by atoms with E-state index in [0.717, 1.165) is 0 Å². The molecule has 1 aromatic carbocycles. The maximum Gasteiger partial charge on any atom is 0.336 e. The van der Waals surface area contributed by atoms with Crippen LogP contribution in [0, 0.1) is 0 Å². The Hall–Kier alpha value is -1.38. The van der Waals surface area contributed by atoms with E-state index in [1.54, 1.807) is 0 Å². The number of carboxylic acid groups (broad SMARTS) is 1. The Morgan fingerprint density at radius 3 is 2.60 bits per heavy atom. The average Bonchev–Trinajstić information content (AvgIpc) is 2.17. The Kier molecular flexibility index (Phi) is 3.45. The molecule has 0 fully saturated rings. The Labute approximate surface area is 87.3 Å². The lowest BCUT2D eigenvalue weighted by molar-refractivity contribution is 0.0698. The van der Waals surface area contributed by atoms with Crippen LogP contribution in [0.3, 0.4) is 0 Å². The topological polar surface area (TPSA) is 74.6 Å².